The van der Waals surface area contributed by atoms with Crippen molar-refractivity contribution in [3.8, 4) is 5.75 Å². The lowest BCUT2D eigenvalue weighted by Crippen LogP contribution is -2.34. The molecule has 0 radical (unpaired) electrons. The van der Waals surface area contributed by atoms with Crippen molar-refractivity contribution in [3.63, 3.8) is 0 Å². The summed E-state index contributed by atoms with van der Waals surface area (Å²) in [6, 6.07) is 25.9. The Morgan fingerprint density at radius 1 is 0.872 bits per heavy atom. The quantitative estimate of drug-likeness (QED) is 0.225. The molecule has 0 N–H and O–H groups in total. The number of methoxy groups -OCH3 is 1. The highest BCUT2D eigenvalue weighted by atomic mass is 16.5. The van der Waals surface area contributed by atoms with Crippen LogP contribution in [0.15, 0.2) is 78.9 Å². The molecule has 1 aromatic heterocycles. The van der Waals surface area contributed by atoms with Crippen LogP contribution in [0.25, 0.3) is 10.9 Å². The Morgan fingerprint density at radius 3 is 2.08 bits per heavy atom. The molecule has 1 aliphatic carbocycles. The van der Waals surface area contributed by atoms with E-state index in [1.807, 2.05) is 85.8 Å². The molecule has 0 unspecified atom stereocenters. The second kappa shape index (κ2) is 12.2. The van der Waals surface area contributed by atoms with E-state index in [9.17, 15) is 9.59 Å². The van der Waals surface area contributed by atoms with Gasteiger partial charge in [0.2, 0.25) is 0 Å². The van der Waals surface area contributed by atoms with E-state index in [2.05, 4.69) is 4.57 Å². The zero-order chi connectivity index (χ0) is 27.2. The summed E-state index contributed by atoms with van der Waals surface area (Å²) in [4.78, 5) is 28.7. The lowest BCUT2D eigenvalue weighted by molar-refractivity contribution is -0.135. The first-order valence-corrected chi connectivity index (χ1v) is 13.8. The maximum Gasteiger partial charge on any atom is 0.341 e. The summed E-state index contributed by atoms with van der Waals surface area (Å²) in [7, 11) is 1.62. The fraction of sp³-hybridized carbons (Fsp3) is 0.333. The lowest BCUT2D eigenvalue weighted by atomic mass is 9.95. The van der Waals surface area contributed by atoms with Crippen molar-refractivity contribution in [1.29, 1.82) is 0 Å². The van der Waals surface area contributed by atoms with Crippen LogP contribution in [0.1, 0.15) is 65.3 Å². The number of rotatable bonds is 9. The van der Waals surface area contributed by atoms with Crippen molar-refractivity contribution < 1.29 is 19.1 Å². The Kier molecular flexibility index (Phi) is 8.30. The van der Waals surface area contributed by atoms with Crippen molar-refractivity contribution in [2.45, 2.75) is 58.2 Å². The van der Waals surface area contributed by atoms with E-state index in [1.165, 1.54) is 19.3 Å². The number of hydrogen-bond acceptors (Lipinski definition) is 4. The zero-order valence-corrected chi connectivity index (χ0v) is 22.8. The summed E-state index contributed by atoms with van der Waals surface area (Å²) in [6.07, 6.45) is 5.82. The fourth-order valence-electron chi connectivity index (χ4n) is 5.75. The number of benzene rings is 3. The van der Waals surface area contributed by atoms with E-state index in [0.717, 1.165) is 40.6 Å². The monoisotopic (exact) mass is 524 g/mol. The molecule has 6 nitrogen and oxygen atoms in total. The van der Waals surface area contributed by atoms with Gasteiger partial charge in [-0.3, -0.25) is 4.79 Å². The first-order chi connectivity index (χ1) is 19.0. The van der Waals surface area contributed by atoms with Gasteiger partial charge >= 0.3 is 5.97 Å². The minimum Gasteiger partial charge on any atom is -0.497 e. The van der Waals surface area contributed by atoms with Gasteiger partial charge in [-0.05, 0) is 49.1 Å². The highest BCUT2D eigenvalue weighted by Crippen LogP contribution is 2.37. The Bertz CT molecular complexity index is 1380. The largest absolute Gasteiger partial charge is 0.497 e. The second-order valence-corrected chi connectivity index (χ2v) is 10.3. The van der Waals surface area contributed by atoms with Crippen molar-refractivity contribution in [2.75, 3.05) is 13.7 Å². The third-order valence-electron chi connectivity index (χ3n) is 7.71. The van der Waals surface area contributed by atoms with Crippen LogP contribution < -0.4 is 4.74 Å². The lowest BCUT2D eigenvalue weighted by Gasteiger charge is -2.26. The highest BCUT2D eigenvalue weighted by Gasteiger charge is 2.27. The van der Waals surface area contributed by atoms with E-state index in [1.54, 1.807) is 12.0 Å². The van der Waals surface area contributed by atoms with Crippen LogP contribution in [0, 0.1) is 6.92 Å². The van der Waals surface area contributed by atoms with Crippen molar-refractivity contribution in [2.24, 2.45) is 0 Å². The average Bonchev–Trinajstić information content (AvgIpc) is 3.27. The molecule has 1 aliphatic rings. The number of aromatic nitrogens is 1. The molecule has 5 rings (SSSR count). The Morgan fingerprint density at radius 2 is 1.49 bits per heavy atom. The number of fused-ring (bicyclic) bond motifs is 1. The standard InChI is InChI=1S/C33H36N2O4/c1-24-32(29-20-28(38-2)18-19-30(29)35(24)27-16-10-5-11-17-27)33(37)39-23-31(36)34(21-25-12-6-3-7-13-25)22-26-14-8-4-9-15-26/h3-4,6-9,12-15,18-20,27H,5,10-11,16-17,21-23H2,1-2H3. The van der Waals surface area contributed by atoms with Gasteiger partial charge in [0.15, 0.2) is 6.61 Å². The van der Waals surface area contributed by atoms with E-state index in [-0.39, 0.29) is 12.5 Å². The van der Waals surface area contributed by atoms with Crippen LogP contribution in [-0.4, -0.2) is 35.1 Å². The number of carbonyl (C=O) groups excluding carboxylic acids is 2. The number of hydrogen-bond donors (Lipinski definition) is 0. The maximum atomic E-state index is 13.6. The summed E-state index contributed by atoms with van der Waals surface area (Å²) >= 11 is 0. The van der Waals surface area contributed by atoms with Gasteiger partial charge in [0.25, 0.3) is 5.91 Å². The molecule has 202 valence electrons. The maximum absolute atomic E-state index is 13.6. The van der Waals surface area contributed by atoms with Crippen LogP contribution in [0.5, 0.6) is 5.75 Å². The molecule has 6 heteroatoms. The molecular weight excluding hydrogens is 488 g/mol. The Hall–Kier alpha value is -4.06. The van der Waals surface area contributed by atoms with Crippen molar-refractivity contribution >= 4 is 22.8 Å². The molecule has 1 saturated carbocycles. The van der Waals surface area contributed by atoms with Gasteiger partial charge in [0.1, 0.15) is 5.75 Å². The summed E-state index contributed by atoms with van der Waals surface area (Å²) in [5, 5.41) is 0.806. The third kappa shape index (κ3) is 6.00. The van der Waals surface area contributed by atoms with Crippen molar-refractivity contribution in [1.82, 2.24) is 9.47 Å². The van der Waals surface area contributed by atoms with Crippen LogP contribution in [-0.2, 0) is 22.6 Å². The average molecular weight is 525 g/mol. The minimum atomic E-state index is -0.479. The highest BCUT2D eigenvalue weighted by molar-refractivity contribution is 6.06. The number of amides is 1. The smallest absolute Gasteiger partial charge is 0.341 e. The van der Waals surface area contributed by atoms with Crippen LogP contribution >= 0.6 is 0 Å². The minimum absolute atomic E-state index is 0.234. The summed E-state index contributed by atoms with van der Waals surface area (Å²) in [5.41, 5.74) is 4.44. The molecular formula is C33H36N2O4. The Balaban J connectivity index is 1.39. The topological polar surface area (TPSA) is 60.8 Å². The molecule has 0 spiro atoms. The van der Waals surface area contributed by atoms with Gasteiger partial charge in [0.05, 0.1) is 12.7 Å². The predicted molar refractivity (Wildman–Crippen MR) is 153 cm³/mol. The van der Waals surface area contributed by atoms with Crippen LogP contribution in [0.4, 0.5) is 0 Å². The number of carbonyl (C=O) groups is 2. The Labute approximate surface area is 230 Å². The second-order valence-electron chi connectivity index (χ2n) is 10.3. The van der Waals surface area contributed by atoms with Gasteiger partial charge in [0, 0.05) is 35.7 Å². The number of ether oxygens (including phenoxy) is 2. The molecule has 4 aromatic rings. The van der Waals surface area contributed by atoms with Gasteiger partial charge in [-0.2, -0.15) is 0 Å². The van der Waals surface area contributed by atoms with Gasteiger partial charge in [-0.15, -0.1) is 0 Å². The van der Waals surface area contributed by atoms with Gasteiger partial charge < -0.3 is 18.9 Å². The third-order valence-corrected chi connectivity index (χ3v) is 7.71. The molecule has 1 heterocycles. The van der Waals surface area contributed by atoms with E-state index < -0.39 is 5.97 Å². The van der Waals surface area contributed by atoms with Crippen molar-refractivity contribution in [3.05, 3.63) is 101 Å². The van der Waals surface area contributed by atoms with E-state index >= 15 is 0 Å². The first-order valence-electron chi connectivity index (χ1n) is 13.8. The predicted octanol–water partition coefficient (Wildman–Crippen LogP) is 6.85. The summed E-state index contributed by atoms with van der Waals surface area (Å²) in [5.74, 6) is -0.0272. The molecule has 39 heavy (non-hydrogen) atoms. The SMILES string of the molecule is COc1ccc2c(c1)c(C(=O)OCC(=O)N(Cc1ccccc1)Cc1ccccc1)c(C)n2C1CCCCC1. The fourth-order valence-corrected chi connectivity index (χ4v) is 5.75. The molecule has 0 aliphatic heterocycles. The van der Waals surface area contributed by atoms with Crippen LogP contribution in [0.2, 0.25) is 0 Å². The van der Waals surface area contributed by atoms with Gasteiger partial charge in [-0.1, -0.05) is 79.9 Å². The molecule has 0 saturated heterocycles. The van der Waals surface area contributed by atoms with Crippen LogP contribution in [0.3, 0.4) is 0 Å². The van der Waals surface area contributed by atoms with Gasteiger partial charge in [-0.25, -0.2) is 4.79 Å². The summed E-state index contributed by atoms with van der Waals surface area (Å²) < 4.78 is 13.5. The van der Waals surface area contributed by atoms with E-state index in [4.69, 9.17) is 9.47 Å². The molecule has 0 atom stereocenters. The molecule has 0 bridgehead atoms. The summed E-state index contributed by atoms with van der Waals surface area (Å²) in [6.45, 7) is 2.53. The molecule has 3 aromatic carbocycles. The zero-order valence-electron chi connectivity index (χ0n) is 22.8. The first kappa shape index (κ1) is 26.5. The van der Waals surface area contributed by atoms with E-state index in [0.29, 0.717) is 30.4 Å². The normalized spacial score (nSPS) is 13.8. The number of nitrogens with zero attached hydrogens (tertiary/aromatic N) is 2. The number of esters is 1. The molecule has 1 amide bonds. The molecule has 1 fully saturated rings.